The van der Waals surface area contributed by atoms with Crippen LogP contribution >= 0.6 is 0 Å². The van der Waals surface area contributed by atoms with Crippen molar-refractivity contribution in [2.45, 2.75) is 103 Å². The van der Waals surface area contributed by atoms with Gasteiger partial charge in [-0.25, -0.2) is 4.79 Å². The van der Waals surface area contributed by atoms with Crippen LogP contribution in [0.15, 0.2) is 72.8 Å². The number of hydrogen-bond donors (Lipinski definition) is 5. The topological polar surface area (TPSA) is 166 Å². The molecule has 3 aromatic carbocycles. The minimum absolute atomic E-state index is 0.0652. The van der Waals surface area contributed by atoms with E-state index < -0.39 is 17.5 Å². The van der Waals surface area contributed by atoms with Gasteiger partial charge in [-0.1, -0.05) is 79.2 Å². The molecule has 2 aliphatic heterocycles. The maximum Gasteiger partial charge on any atom is 0.315 e. The summed E-state index contributed by atoms with van der Waals surface area (Å²) in [4.78, 5) is 71.2. The third kappa shape index (κ3) is 12.0. The smallest absolute Gasteiger partial charge is 0.315 e. The minimum Gasteiger partial charge on any atom is -0.356 e. The van der Waals surface area contributed by atoms with E-state index in [-0.39, 0.29) is 55.1 Å². The van der Waals surface area contributed by atoms with Crippen LogP contribution in [0.2, 0.25) is 0 Å². The number of amides is 6. The first kappa shape index (κ1) is 42.2. The molecule has 56 heavy (non-hydrogen) atoms. The van der Waals surface area contributed by atoms with E-state index >= 15 is 0 Å². The summed E-state index contributed by atoms with van der Waals surface area (Å²) in [6, 6.07) is 22.0. The van der Waals surface area contributed by atoms with Gasteiger partial charge in [-0.05, 0) is 87.2 Å². The van der Waals surface area contributed by atoms with Gasteiger partial charge in [0.1, 0.15) is 6.04 Å². The Hall–Kier alpha value is -4.97. The lowest BCUT2D eigenvalue weighted by molar-refractivity contribution is -0.143. The van der Waals surface area contributed by atoms with E-state index in [9.17, 15) is 24.0 Å². The summed E-state index contributed by atoms with van der Waals surface area (Å²) in [6.45, 7) is 6.49. The van der Waals surface area contributed by atoms with Crippen LogP contribution < -0.4 is 27.0 Å². The molecule has 2 heterocycles. The lowest BCUT2D eigenvalue weighted by Gasteiger charge is -2.43. The van der Waals surface area contributed by atoms with E-state index in [0.717, 1.165) is 47.6 Å². The Morgan fingerprint density at radius 1 is 0.857 bits per heavy atom. The van der Waals surface area contributed by atoms with Crippen LogP contribution in [0, 0.1) is 5.41 Å². The number of piperidine rings is 2. The van der Waals surface area contributed by atoms with Crippen LogP contribution in [-0.4, -0.2) is 96.9 Å². The van der Waals surface area contributed by atoms with Gasteiger partial charge >= 0.3 is 6.03 Å². The number of likely N-dealkylation sites (tertiary alicyclic amines) is 2. The Morgan fingerprint density at radius 2 is 1.61 bits per heavy atom. The molecule has 0 saturated carbocycles. The highest BCUT2D eigenvalue weighted by molar-refractivity contribution is 5.90. The SMILES string of the molecule is CCNC(=O)C1(Cc2ccccc2)CCCN(C(=O)C(Cc2ccc3ccccc3c2)NC(=O)NC2CCCN(C(=O)CC(C)NC(=O)CCCCCN)C2)C1. The molecule has 0 bridgehead atoms. The molecule has 2 saturated heterocycles. The number of rotatable bonds is 17. The summed E-state index contributed by atoms with van der Waals surface area (Å²) in [5.41, 5.74) is 6.68. The molecule has 0 aromatic heterocycles. The largest absolute Gasteiger partial charge is 0.356 e. The number of carbonyl (C=O) groups is 5. The van der Waals surface area contributed by atoms with Crippen molar-refractivity contribution >= 4 is 40.4 Å². The maximum absolute atomic E-state index is 14.6. The molecule has 0 radical (unpaired) electrons. The predicted molar refractivity (Wildman–Crippen MR) is 220 cm³/mol. The monoisotopic (exact) mass is 767 g/mol. The molecule has 5 rings (SSSR count). The molecular formula is C44H61N7O5. The fourth-order valence-electron chi connectivity index (χ4n) is 8.19. The minimum atomic E-state index is -0.890. The van der Waals surface area contributed by atoms with E-state index in [1.807, 2.05) is 80.6 Å². The van der Waals surface area contributed by atoms with Gasteiger partial charge in [-0.2, -0.15) is 0 Å². The quantitative estimate of drug-likeness (QED) is 0.128. The first-order chi connectivity index (χ1) is 27.1. The van der Waals surface area contributed by atoms with E-state index in [1.165, 1.54) is 0 Å². The molecule has 2 aliphatic rings. The molecular weight excluding hydrogens is 707 g/mol. The zero-order valence-electron chi connectivity index (χ0n) is 33.2. The van der Waals surface area contributed by atoms with Crippen molar-refractivity contribution in [1.29, 1.82) is 0 Å². The van der Waals surface area contributed by atoms with E-state index in [4.69, 9.17) is 5.73 Å². The summed E-state index contributed by atoms with van der Waals surface area (Å²) in [7, 11) is 0. The molecule has 0 spiro atoms. The van der Waals surface area contributed by atoms with Gasteiger partial charge in [0.25, 0.3) is 0 Å². The predicted octanol–water partition coefficient (Wildman–Crippen LogP) is 4.44. The third-order valence-corrected chi connectivity index (χ3v) is 11.1. The van der Waals surface area contributed by atoms with Crippen molar-refractivity contribution in [3.8, 4) is 0 Å². The summed E-state index contributed by atoms with van der Waals surface area (Å²) in [6.07, 6.45) is 6.63. The Kier molecular flexibility index (Phi) is 15.7. The Balaban J connectivity index is 1.26. The molecule has 12 nitrogen and oxygen atoms in total. The summed E-state index contributed by atoms with van der Waals surface area (Å²) in [5, 5.41) is 14.2. The van der Waals surface area contributed by atoms with Crippen LogP contribution in [0.25, 0.3) is 10.8 Å². The standard InChI is InChI=1S/C44H61N7O5/c1-3-46-42(55)44(29-33-14-6-4-7-15-33)22-13-25-51(31-44)41(54)38(28-34-20-21-35-16-9-10-17-36(35)27-34)49-43(56)48-37-18-12-24-50(30-37)40(53)26-32(2)47-39(52)19-8-5-11-23-45/h4,6-7,9-10,14-17,20-21,27,32,37-38H,3,5,8,11-13,18-19,22-26,28-31,45H2,1-2H3,(H,46,55)(H,47,52)(H2,48,49,56). The van der Waals surface area contributed by atoms with Gasteiger partial charge in [0, 0.05) is 64.1 Å². The second-order valence-corrected chi connectivity index (χ2v) is 15.7. The molecule has 6 amide bonds. The molecule has 2 fully saturated rings. The number of nitrogens with one attached hydrogen (secondary N) is 4. The third-order valence-electron chi connectivity index (χ3n) is 11.1. The van der Waals surface area contributed by atoms with Crippen molar-refractivity contribution < 1.29 is 24.0 Å². The number of carbonyl (C=O) groups excluding carboxylic acids is 5. The highest BCUT2D eigenvalue weighted by Crippen LogP contribution is 2.35. The fourth-order valence-corrected chi connectivity index (χ4v) is 8.19. The molecule has 0 aliphatic carbocycles. The van der Waals surface area contributed by atoms with E-state index in [1.54, 1.807) is 9.80 Å². The number of urea groups is 1. The Bertz CT molecular complexity index is 1790. The van der Waals surface area contributed by atoms with Crippen molar-refractivity contribution in [3.05, 3.63) is 83.9 Å². The lowest BCUT2D eigenvalue weighted by Crippen LogP contribution is -2.60. The average Bonchev–Trinajstić information content (AvgIpc) is 3.19. The second kappa shape index (κ2) is 20.8. The number of hydrogen-bond acceptors (Lipinski definition) is 6. The van der Waals surface area contributed by atoms with Crippen molar-refractivity contribution in [2.75, 3.05) is 39.3 Å². The number of nitrogens with two attached hydrogens (primary N) is 1. The molecule has 4 unspecified atom stereocenters. The van der Waals surface area contributed by atoms with Crippen LogP contribution in [0.4, 0.5) is 4.79 Å². The number of unbranched alkanes of at least 4 members (excludes halogenated alkanes) is 2. The normalized spacial score (nSPS) is 19.4. The van der Waals surface area contributed by atoms with Crippen LogP contribution in [0.1, 0.15) is 82.8 Å². The van der Waals surface area contributed by atoms with Gasteiger partial charge in [0.05, 0.1) is 5.41 Å². The lowest BCUT2D eigenvalue weighted by atomic mass is 9.74. The Morgan fingerprint density at radius 3 is 2.38 bits per heavy atom. The molecule has 3 aromatic rings. The van der Waals surface area contributed by atoms with E-state index in [2.05, 4.69) is 27.3 Å². The zero-order valence-corrected chi connectivity index (χ0v) is 33.2. The van der Waals surface area contributed by atoms with Gasteiger partial charge in [-0.15, -0.1) is 0 Å². The Labute approximate surface area is 331 Å². The van der Waals surface area contributed by atoms with Crippen molar-refractivity contribution in [1.82, 2.24) is 31.1 Å². The first-order valence-corrected chi connectivity index (χ1v) is 20.5. The van der Waals surface area contributed by atoms with Crippen LogP contribution in [0.3, 0.4) is 0 Å². The van der Waals surface area contributed by atoms with E-state index in [0.29, 0.717) is 64.8 Å². The molecule has 4 atom stereocenters. The van der Waals surface area contributed by atoms with Crippen LogP contribution in [0.5, 0.6) is 0 Å². The first-order valence-electron chi connectivity index (χ1n) is 20.5. The highest BCUT2D eigenvalue weighted by Gasteiger charge is 2.44. The van der Waals surface area contributed by atoms with Gasteiger partial charge in [0.2, 0.25) is 23.6 Å². The van der Waals surface area contributed by atoms with Crippen LogP contribution in [-0.2, 0) is 32.0 Å². The second-order valence-electron chi connectivity index (χ2n) is 15.7. The summed E-state index contributed by atoms with van der Waals surface area (Å²) < 4.78 is 0. The summed E-state index contributed by atoms with van der Waals surface area (Å²) in [5.74, 6) is -0.440. The number of nitrogens with zero attached hydrogens (tertiary/aromatic N) is 2. The van der Waals surface area contributed by atoms with Gasteiger partial charge in [0.15, 0.2) is 0 Å². The summed E-state index contributed by atoms with van der Waals surface area (Å²) >= 11 is 0. The fraction of sp³-hybridized carbons (Fsp3) is 0.523. The number of benzene rings is 3. The number of fused-ring (bicyclic) bond motifs is 1. The molecule has 6 N–H and O–H groups in total. The molecule has 12 heteroatoms. The molecule has 302 valence electrons. The average molecular weight is 768 g/mol. The highest BCUT2D eigenvalue weighted by atomic mass is 16.2. The zero-order chi connectivity index (χ0) is 39.9. The van der Waals surface area contributed by atoms with Gasteiger partial charge in [-0.3, -0.25) is 19.2 Å². The van der Waals surface area contributed by atoms with Crippen molar-refractivity contribution in [2.24, 2.45) is 11.1 Å². The van der Waals surface area contributed by atoms with Gasteiger partial charge < -0.3 is 36.8 Å². The maximum atomic E-state index is 14.6. The van der Waals surface area contributed by atoms with Crippen molar-refractivity contribution in [3.63, 3.8) is 0 Å².